The van der Waals surface area contributed by atoms with Crippen LogP contribution < -0.4 is 10.6 Å². The highest BCUT2D eigenvalue weighted by atomic mass is 16.5. The maximum Gasteiger partial charge on any atom is 0.332 e. The van der Waals surface area contributed by atoms with Gasteiger partial charge in [-0.1, -0.05) is 30.3 Å². The lowest BCUT2D eigenvalue weighted by Crippen LogP contribution is -2.55. The highest BCUT2D eigenvalue weighted by molar-refractivity contribution is 5.86. The second-order valence-corrected chi connectivity index (χ2v) is 4.73. The number of allylic oxidation sites excluding steroid dienone is 1. The summed E-state index contributed by atoms with van der Waals surface area (Å²) in [6, 6.07) is 9.87. The van der Waals surface area contributed by atoms with Crippen molar-refractivity contribution < 1.29 is 14.3 Å². The first-order valence-electron chi connectivity index (χ1n) is 6.47. The number of hydrogen-bond acceptors (Lipinski definition) is 4. The second kappa shape index (κ2) is 6.23. The third-order valence-electron chi connectivity index (χ3n) is 3.33. The van der Waals surface area contributed by atoms with Crippen LogP contribution in [0, 0.1) is 5.92 Å². The zero-order chi connectivity index (χ0) is 14.5. The predicted molar refractivity (Wildman–Crippen MR) is 74.6 cm³/mol. The molecule has 1 amide bonds. The van der Waals surface area contributed by atoms with E-state index in [1.54, 1.807) is 6.92 Å². The minimum absolute atomic E-state index is 0.0252. The fourth-order valence-corrected chi connectivity index (χ4v) is 2.16. The molecule has 0 unspecified atom stereocenters. The van der Waals surface area contributed by atoms with E-state index < -0.39 is 5.97 Å². The van der Waals surface area contributed by atoms with Crippen molar-refractivity contribution in [2.75, 3.05) is 13.7 Å². The van der Waals surface area contributed by atoms with Crippen LogP contribution in [-0.2, 0) is 14.3 Å². The molecule has 5 nitrogen and oxygen atoms in total. The molecular weight excluding hydrogens is 256 g/mol. The van der Waals surface area contributed by atoms with Gasteiger partial charge in [0.1, 0.15) is 0 Å². The van der Waals surface area contributed by atoms with Gasteiger partial charge in [-0.15, -0.1) is 0 Å². The van der Waals surface area contributed by atoms with Crippen molar-refractivity contribution in [3.8, 4) is 0 Å². The Morgan fingerprint density at radius 2 is 2.10 bits per heavy atom. The molecule has 1 aromatic rings. The van der Waals surface area contributed by atoms with Gasteiger partial charge in [0.15, 0.2) is 0 Å². The van der Waals surface area contributed by atoms with Crippen LogP contribution in [0.15, 0.2) is 42.1 Å². The molecule has 0 bridgehead atoms. The quantitative estimate of drug-likeness (QED) is 0.480. The van der Waals surface area contributed by atoms with Gasteiger partial charge in [0.25, 0.3) is 0 Å². The van der Waals surface area contributed by atoms with Gasteiger partial charge in [-0.05, 0) is 12.5 Å². The summed E-state index contributed by atoms with van der Waals surface area (Å²) in [7, 11) is 1.33. The Labute approximate surface area is 118 Å². The third kappa shape index (κ3) is 3.17. The van der Waals surface area contributed by atoms with Crippen molar-refractivity contribution in [1.29, 1.82) is 0 Å². The number of carbonyl (C=O) groups is 2. The summed E-state index contributed by atoms with van der Waals surface area (Å²) in [4.78, 5) is 22.7. The lowest BCUT2D eigenvalue weighted by atomic mass is 9.85. The van der Waals surface area contributed by atoms with Crippen molar-refractivity contribution in [3.63, 3.8) is 0 Å². The molecule has 1 aromatic carbocycles. The first kappa shape index (κ1) is 14.1. The monoisotopic (exact) mass is 274 g/mol. The average molecular weight is 274 g/mol. The van der Waals surface area contributed by atoms with Crippen molar-refractivity contribution in [2.24, 2.45) is 5.92 Å². The van der Waals surface area contributed by atoms with Crippen LogP contribution in [0.3, 0.4) is 0 Å². The van der Waals surface area contributed by atoms with Crippen LogP contribution in [0.2, 0.25) is 0 Å². The maximum absolute atomic E-state index is 11.6. The molecule has 1 saturated heterocycles. The molecule has 1 aliphatic rings. The predicted octanol–water partition coefficient (Wildman–Crippen LogP) is 1.14. The van der Waals surface area contributed by atoms with E-state index >= 15 is 0 Å². The number of esters is 1. The van der Waals surface area contributed by atoms with Crippen LogP contribution in [0.1, 0.15) is 18.5 Å². The standard InChI is InChI=1S/C15H18N2O3/c1-10(8-13(18)20-2)16-9-12-14(17-15(12)19)11-6-4-3-5-7-11/h3-8,12,14,16H,9H2,1-2H3,(H,17,19)/b10-8-/t12-,14+/m1/s1. The Hall–Kier alpha value is -2.30. The van der Waals surface area contributed by atoms with E-state index in [1.807, 2.05) is 30.3 Å². The summed E-state index contributed by atoms with van der Waals surface area (Å²) in [6.07, 6.45) is 1.37. The number of nitrogens with one attached hydrogen (secondary N) is 2. The van der Waals surface area contributed by atoms with E-state index in [4.69, 9.17) is 0 Å². The maximum atomic E-state index is 11.6. The molecule has 1 aliphatic heterocycles. The molecular formula is C15H18N2O3. The smallest absolute Gasteiger partial charge is 0.332 e. The Kier molecular flexibility index (Phi) is 4.40. The molecule has 106 valence electrons. The number of methoxy groups -OCH3 is 1. The number of hydrogen-bond donors (Lipinski definition) is 2. The summed E-state index contributed by atoms with van der Waals surface area (Å²) < 4.78 is 4.54. The van der Waals surface area contributed by atoms with Gasteiger partial charge < -0.3 is 15.4 Å². The van der Waals surface area contributed by atoms with E-state index in [2.05, 4.69) is 15.4 Å². The van der Waals surface area contributed by atoms with Gasteiger partial charge in [0, 0.05) is 18.3 Å². The molecule has 0 aromatic heterocycles. The molecule has 2 rings (SSSR count). The number of carbonyl (C=O) groups excluding carboxylic acids is 2. The highest BCUT2D eigenvalue weighted by Crippen LogP contribution is 2.29. The average Bonchev–Trinajstić information content (AvgIpc) is 2.45. The lowest BCUT2D eigenvalue weighted by Gasteiger charge is -2.37. The van der Waals surface area contributed by atoms with Gasteiger partial charge in [-0.25, -0.2) is 4.79 Å². The van der Waals surface area contributed by atoms with E-state index in [1.165, 1.54) is 13.2 Å². The molecule has 0 spiro atoms. The number of amides is 1. The van der Waals surface area contributed by atoms with Crippen molar-refractivity contribution in [2.45, 2.75) is 13.0 Å². The van der Waals surface area contributed by atoms with E-state index in [9.17, 15) is 9.59 Å². The minimum Gasteiger partial charge on any atom is -0.466 e. The normalized spacial score (nSPS) is 21.7. The van der Waals surface area contributed by atoms with Crippen LogP contribution in [0.25, 0.3) is 0 Å². The lowest BCUT2D eigenvalue weighted by molar-refractivity contribution is -0.135. The molecule has 0 aliphatic carbocycles. The summed E-state index contributed by atoms with van der Waals surface area (Å²) >= 11 is 0. The van der Waals surface area contributed by atoms with E-state index in [0.29, 0.717) is 12.2 Å². The first-order chi connectivity index (χ1) is 9.61. The Bertz CT molecular complexity index is 525. The summed E-state index contributed by atoms with van der Waals surface area (Å²) in [5.74, 6) is -0.511. The fourth-order valence-electron chi connectivity index (χ4n) is 2.16. The van der Waals surface area contributed by atoms with Crippen molar-refractivity contribution in [1.82, 2.24) is 10.6 Å². The van der Waals surface area contributed by atoms with Crippen LogP contribution in [0.4, 0.5) is 0 Å². The number of β-lactam (4-membered cyclic amide) rings is 1. The highest BCUT2D eigenvalue weighted by Gasteiger charge is 2.39. The van der Waals surface area contributed by atoms with Crippen molar-refractivity contribution >= 4 is 11.9 Å². The molecule has 2 atom stereocenters. The summed E-state index contributed by atoms with van der Waals surface area (Å²) in [5.41, 5.74) is 1.77. The summed E-state index contributed by atoms with van der Waals surface area (Å²) in [5, 5.41) is 5.97. The first-order valence-corrected chi connectivity index (χ1v) is 6.47. The number of rotatable bonds is 5. The molecule has 1 heterocycles. The molecule has 2 N–H and O–H groups in total. The molecule has 5 heteroatoms. The van der Waals surface area contributed by atoms with Crippen molar-refractivity contribution in [3.05, 3.63) is 47.7 Å². The molecule has 0 saturated carbocycles. The molecule has 1 fully saturated rings. The van der Waals surface area contributed by atoms with E-state index in [-0.39, 0.29) is 17.9 Å². The third-order valence-corrected chi connectivity index (χ3v) is 3.33. The van der Waals surface area contributed by atoms with Gasteiger partial charge in [0.2, 0.25) is 5.91 Å². The van der Waals surface area contributed by atoms with Crippen LogP contribution >= 0.6 is 0 Å². The van der Waals surface area contributed by atoms with Crippen LogP contribution in [-0.4, -0.2) is 25.5 Å². The Morgan fingerprint density at radius 1 is 1.40 bits per heavy atom. The Morgan fingerprint density at radius 3 is 2.70 bits per heavy atom. The van der Waals surface area contributed by atoms with Crippen LogP contribution in [0.5, 0.6) is 0 Å². The summed E-state index contributed by atoms with van der Waals surface area (Å²) in [6.45, 7) is 2.26. The zero-order valence-electron chi connectivity index (χ0n) is 11.6. The second-order valence-electron chi connectivity index (χ2n) is 4.73. The zero-order valence-corrected chi connectivity index (χ0v) is 11.6. The van der Waals surface area contributed by atoms with Gasteiger partial charge in [0.05, 0.1) is 19.1 Å². The fraction of sp³-hybridized carbons (Fsp3) is 0.333. The minimum atomic E-state index is -0.410. The largest absolute Gasteiger partial charge is 0.466 e. The molecule has 0 radical (unpaired) electrons. The Balaban J connectivity index is 1.93. The number of benzene rings is 1. The van der Waals surface area contributed by atoms with Gasteiger partial charge in [-0.3, -0.25) is 4.79 Å². The van der Waals surface area contributed by atoms with Gasteiger partial charge in [-0.2, -0.15) is 0 Å². The van der Waals surface area contributed by atoms with Gasteiger partial charge >= 0.3 is 5.97 Å². The SMILES string of the molecule is COC(=O)/C=C(/C)NC[C@H]1C(=O)N[C@H]1c1ccccc1. The van der Waals surface area contributed by atoms with E-state index in [0.717, 1.165) is 5.56 Å². The topological polar surface area (TPSA) is 67.4 Å². The number of ether oxygens (including phenoxy) is 1. The molecule has 20 heavy (non-hydrogen) atoms.